The molecule has 26 heavy (non-hydrogen) atoms. The molecule has 2 rings (SSSR count). The maximum atomic E-state index is 12.9. The average molecular weight is 357 g/mol. The lowest BCUT2D eigenvalue weighted by atomic mass is 10.2. The van der Waals surface area contributed by atoms with Crippen LogP contribution in [0.2, 0.25) is 0 Å². The number of nitrogens with zero attached hydrogens (tertiary/aromatic N) is 1. The van der Waals surface area contributed by atoms with Gasteiger partial charge in [-0.25, -0.2) is 4.39 Å². The first-order valence-corrected chi connectivity index (χ1v) is 8.06. The van der Waals surface area contributed by atoms with Crippen LogP contribution in [0.25, 0.3) is 0 Å². The summed E-state index contributed by atoms with van der Waals surface area (Å²) in [5.41, 5.74) is 1.64. The minimum atomic E-state index is -0.410. The third-order valence-corrected chi connectivity index (χ3v) is 3.61. The van der Waals surface area contributed by atoms with Crippen LogP contribution in [0.3, 0.4) is 0 Å². The van der Waals surface area contributed by atoms with Crippen molar-refractivity contribution in [3.63, 3.8) is 0 Å². The van der Waals surface area contributed by atoms with Crippen molar-refractivity contribution in [2.75, 3.05) is 23.3 Å². The molecule has 0 radical (unpaired) electrons. The first-order chi connectivity index (χ1) is 12.4. The summed E-state index contributed by atoms with van der Waals surface area (Å²) in [6.07, 6.45) is 0. The molecule has 3 amide bonds. The normalized spacial score (nSPS) is 10.1. The van der Waals surface area contributed by atoms with E-state index in [0.29, 0.717) is 16.9 Å². The SMILES string of the molecule is CC(=O)Nc1ccc(N(CCNC(=O)c2ccc(F)cc2)C(C)=O)cc1. The fraction of sp³-hybridized carbons (Fsp3) is 0.211. The average Bonchev–Trinajstić information content (AvgIpc) is 2.59. The Morgan fingerprint density at radius 3 is 2.12 bits per heavy atom. The van der Waals surface area contributed by atoms with Crippen molar-refractivity contribution in [3.05, 3.63) is 59.9 Å². The topological polar surface area (TPSA) is 78.5 Å². The van der Waals surface area contributed by atoms with Crippen molar-refractivity contribution < 1.29 is 18.8 Å². The first kappa shape index (κ1) is 19.1. The quantitative estimate of drug-likeness (QED) is 0.834. The molecule has 0 fully saturated rings. The Hall–Kier alpha value is -3.22. The van der Waals surface area contributed by atoms with Crippen LogP contribution in [0, 0.1) is 5.82 Å². The number of benzene rings is 2. The molecule has 0 saturated carbocycles. The zero-order chi connectivity index (χ0) is 19.1. The van der Waals surface area contributed by atoms with Crippen molar-refractivity contribution in [3.8, 4) is 0 Å². The molecule has 136 valence electrons. The molecule has 0 heterocycles. The van der Waals surface area contributed by atoms with E-state index >= 15 is 0 Å². The molecule has 2 N–H and O–H groups in total. The van der Waals surface area contributed by atoms with Crippen molar-refractivity contribution in [1.82, 2.24) is 5.32 Å². The van der Waals surface area contributed by atoms with Gasteiger partial charge in [0.2, 0.25) is 11.8 Å². The highest BCUT2D eigenvalue weighted by Gasteiger charge is 2.12. The summed E-state index contributed by atoms with van der Waals surface area (Å²) >= 11 is 0. The zero-order valence-corrected chi connectivity index (χ0v) is 14.6. The highest BCUT2D eigenvalue weighted by Crippen LogP contribution is 2.18. The van der Waals surface area contributed by atoms with Crippen LogP contribution in [0.4, 0.5) is 15.8 Å². The van der Waals surface area contributed by atoms with E-state index in [9.17, 15) is 18.8 Å². The van der Waals surface area contributed by atoms with Crippen LogP contribution in [-0.4, -0.2) is 30.8 Å². The van der Waals surface area contributed by atoms with Gasteiger partial charge in [0, 0.05) is 43.9 Å². The Kier molecular flexibility index (Phi) is 6.43. The standard InChI is InChI=1S/C19H20FN3O3/c1-13(24)22-17-7-9-18(10-8-17)23(14(2)25)12-11-21-19(26)15-3-5-16(20)6-4-15/h3-10H,11-12H2,1-2H3,(H,21,26)(H,22,24). The smallest absolute Gasteiger partial charge is 0.251 e. The molecule has 7 heteroatoms. The summed E-state index contributed by atoms with van der Waals surface area (Å²) in [6.45, 7) is 3.37. The molecule has 0 saturated heterocycles. The molecule has 0 aromatic heterocycles. The third-order valence-electron chi connectivity index (χ3n) is 3.61. The van der Waals surface area contributed by atoms with Crippen LogP contribution in [0.1, 0.15) is 24.2 Å². The summed E-state index contributed by atoms with van der Waals surface area (Å²) in [6, 6.07) is 12.1. The van der Waals surface area contributed by atoms with Gasteiger partial charge in [0.05, 0.1) is 0 Å². The number of anilines is 2. The largest absolute Gasteiger partial charge is 0.350 e. The van der Waals surface area contributed by atoms with Crippen molar-refractivity contribution >= 4 is 29.1 Å². The van der Waals surface area contributed by atoms with E-state index in [1.54, 1.807) is 24.3 Å². The van der Waals surface area contributed by atoms with Crippen LogP contribution in [-0.2, 0) is 9.59 Å². The Balaban J connectivity index is 1.95. The Bertz CT molecular complexity index is 789. The monoisotopic (exact) mass is 357 g/mol. The second kappa shape index (κ2) is 8.75. The number of halogens is 1. The van der Waals surface area contributed by atoms with E-state index < -0.39 is 5.82 Å². The lowest BCUT2D eigenvalue weighted by Crippen LogP contribution is -2.37. The van der Waals surface area contributed by atoms with Gasteiger partial charge in [0.25, 0.3) is 5.91 Å². The molecule has 0 unspecified atom stereocenters. The van der Waals surface area contributed by atoms with E-state index in [4.69, 9.17) is 0 Å². The number of nitrogens with one attached hydrogen (secondary N) is 2. The zero-order valence-electron chi connectivity index (χ0n) is 14.6. The lowest BCUT2D eigenvalue weighted by molar-refractivity contribution is -0.116. The van der Waals surface area contributed by atoms with Crippen molar-refractivity contribution in [2.24, 2.45) is 0 Å². The molecular weight excluding hydrogens is 337 g/mol. The maximum absolute atomic E-state index is 12.9. The van der Waals surface area contributed by atoms with Gasteiger partial charge < -0.3 is 15.5 Å². The number of amides is 3. The van der Waals surface area contributed by atoms with Crippen LogP contribution >= 0.6 is 0 Å². The highest BCUT2D eigenvalue weighted by atomic mass is 19.1. The van der Waals surface area contributed by atoms with E-state index in [0.717, 1.165) is 0 Å². The molecule has 0 aliphatic carbocycles. The predicted octanol–water partition coefficient (Wildman–Crippen LogP) is 2.57. The summed E-state index contributed by atoms with van der Waals surface area (Å²) in [7, 11) is 0. The highest BCUT2D eigenvalue weighted by molar-refractivity contribution is 5.95. The van der Waals surface area contributed by atoms with Gasteiger partial charge in [0.1, 0.15) is 5.82 Å². The minimum absolute atomic E-state index is 0.173. The molecule has 2 aromatic rings. The molecule has 0 aliphatic rings. The van der Waals surface area contributed by atoms with Crippen LogP contribution < -0.4 is 15.5 Å². The summed E-state index contributed by atoms with van der Waals surface area (Å²) in [4.78, 5) is 36.5. The predicted molar refractivity (Wildman–Crippen MR) is 97.5 cm³/mol. The van der Waals surface area contributed by atoms with Crippen LogP contribution in [0.15, 0.2) is 48.5 Å². The Morgan fingerprint density at radius 1 is 0.962 bits per heavy atom. The second-order valence-electron chi connectivity index (χ2n) is 5.66. The van der Waals surface area contributed by atoms with Gasteiger partial charge in [0.15, 0.2) is 0 Å². The van der Waals surface area contributed by atoms with Crippen molar-refractivity contribution in [1.29, 1.82) is 0 Å². The number of rotatable bonds is 6. The maximum Gasteiger partial charge on any atom is 0.251 e. The summed E-state index contributed by atoms with van der Waals surface area (Å²) in [5.74, 6) is -1.10. The fourth-order valence-electron chi connectivity index (χ4n) is 2.38. The summed E-state index contributed by atoms with van der Waals surface area (Å²) < 4.78 is 12.9. The van der Waals surface area contributed by atoms with E-state index in [1.165, 1.54) is 43.0 Å². The van der Waals surface area contributed by atoms with E-state index in [1.807, 2.05) is 0 Å². The van der Waals surface area contributed by atoms with Gasteiger partial charge in [-0.05, 0) is 48.5 Å². The third kappa shape index (κ3) is 5.41. The fourth-order valence-corrected chi connectivity index (χ4v) is 2.38. The molecule has 0 bridgehead atoms. The number of hydrogen-bond donors (Lipinski definition) is 2. The summed E-state index contributed by atoms with van der Waals surface area (Å²) in [5, 5.41) is 5.35. The van der Waals surface area contributed by atoms with Gasteiger partial charge in [-0.1, -0.05) is 0 Å². The number of carbonyl (C=O) groups excluding carboxylic acids is 3. The van der Waals surface area contributed by atoms with Crippen LogP contribution in [0.5, 0.6) is 0 Å². The van der Waals surface area contributed by atoms with Gasteiger partial charge in [-0.15, -0.1) is 0 Å². The Labute approximate surface area is 151 Å². The Morgan fingerprint density at radius 2 is 1.58 bits per heavy atom. The molecule has 0 spiro atoms. The molecular formula is C19H20FN3O3. The van der Waals surface area contributed by atoms with Gasteiger partial charge in [-0.2, -0.15) is 0 Å². The molecule has 6 nitrogen and oxygen atoms in total. The minimum Gasteiger partial charge on any atom is -0.350 e. The van der Waals surface area contributed by atoms with E-state index in [2.05, 4.69) is 10.6 Å². The molecule has 0 aliphatic heterocycles. The van der Waals surface area contributed by atoms with E-state index in [-0.39, 0.29) is 30.8 Å². The first-order valence-electron chi connectivity index (χ1n) is 8.06. The van der Waals surface area contributed by atoms with Gasteiger partial charge >= 0.3 is 0 Å². The van der Waals surface area contributed by atoms with Gasteiger partial charge in [-0.3, -0.25) is 14.4 Å². The number of hydrogen-bond acceptors (Lipinski definition) is 3. The second-order valence-corrected chi connectivity index (χ2v) is 5.66. The lowest BCUT2D eigenvalue weighted by Gasteiger charge is -2.21. The number of carbonyl (C=O) groups is 3. The molecule has 0 atom stereocenters. The molecule has 2 aromatic carbocycles. The van der Waals surface area contributed by atoms with Crippen molar-refractivity contribution in [2.45, 2.75) is 13.8 Å².